The summed E-state index contributed by atoms with van der Waals surface area (Å²) in [6.07, 6.45) is 0.682. The van der Waals surface area contributed by atoms with Crippen LogP contribution in [0.3, 0.4) is 0 Å². The van der Waals surface area contributed by atoms with Gasteiger partial charge in [0.05, 0.1) is 5.02 Å². The van der Waals surface area contributed by atoms with Gasteiger partial charge in [0.15, 0.2) is 0 Å². The molecule has 0 aliphatic rings. The molecule has 0 heterocycles. The van der Waals surface area contributed by atoms with Crippen molar-refractivity contribution in [2.45, 2.75) is 6.42 Å². The van der Waals surface area contributed by atoms with E-state index < -0.39 is 0 Å². The van der Waals surface area contributed by atoms with Crippen molar-refractivity contribution < 1.29 is 0 Å². The Kier molecular flexibility index (Phi) is 4.92. The van der Waals surface area contributed by atoms with E-state index in [1.165, 1.54) is 0 Å². The van der Waals surface area contributed by atoms with Gasteiger partial charge in [0, 0.05) is 30.4 Å². The van der Waals surface area contributed by atoms with E-state index in [1.807, 2.05) is 26.2 Å². The molecule has 20 heavy (non-hydrogen) atoms. The summed E-state index contributed by atoms with van der Waals surface area (Å²) >= 11 is 12.7. The highest BCUT2D eigenvalue weighted by atomic mass is 35.5. The maximum Gasteiger partial charge on any atom is 0.0531 e. The molecule has 2 N–H and O–H groups in total. The van der Waals surface area contributed by atoms with Gasteiger partial charge in [0.2, 0.25) is 0 Å². The van der Waals surface area contributed by atoms with E-state index >= 15 is 0 Å². The van der Waals surface area contributed by atoms with Crippen LogP contribution in [-0.2, 0) is 6.42 Å². The SMILES string of the molecule is CN(C)c1ccc(-c2ccc(Cl)c(CCN)c2Cl)cc1. The molecule has 2 aromatic carbocycles. The summed E-state index contributed by atoms with van der Waals surface area (Å²) in [5.74, 6) is 0. The van der Waals surface area contributed by atoms with Gasteiger partial charge >= 0.3 is 0 Å². The molecule has 0 fully saturated rings. The average Bonchev–Trinajstić information content (AvgIpc) is 2.44. The van der Waals surface area contributed by atoms with Crippen LogP contribution in [-0.4, -0.2) is 20.6 Å². The van der Waals surface area contributed by atoms with Crippen LogP contribution >= 0.6 is 23.2 Å². The van der Waals surface area contributed by atoms with Crippen LogP contribution in [0.4, 0.5) is 5.69 Å². The molecule has 0 aromatic heterocycles. The average molecular weight is 309 g/mol. The Morgan fingerprint density at radius 3 is 2.20 bits per heavy atom. The maximum absolute atomic E-state index is 6.48. The largest absolute Gasteiger partial charge is 0.378 e. The Hall–Kier alpha value is -1.22. The number of halogens is 2. The number of rotatable bonds is 4. The molecule has 0 atom stereocenters. The van der Waals surface area contributed by atoms with Crippen LogP contribution in [0.1, 0.15) is 5.56 Å². The predicted octanol–water partition coefficient (Wildman–Crippen LogP) is 4.23. The highest BCUT2D eigenvalue weighted by Crippen LogP contribution is 2.35. The second-order valence-electron chi connectivity index (χ2n) is 4.87. The van der Waals surface area contributed by atoms with Gasteiger partial charge in [-0.05, 0) is 42.3 Å². The minimum absolute atomic E-state index is 0.530. The van der Waals surface area contributed by atoms with E-state index in [4.69, 9.17) is 28.9 Å². The molecule has 2 nitrogen and oxygen atoms in total. The van der Waals surface area contributed by atoms with Crippen molar-refractivity contribution in [3.63, 3.8) is 0 Å². The molecule has 106 valence electrons. The highest BCUT2D eigenvalue weighted by Gasteiger charge is 2.11. The van der Waals surface area contributed by atoms with Crippen LogP contribution in [0.25, 0.3) is 11.1 Å². The summed E-state index contributed by atoms with van der Waals surface area (Å²) in [5.41, 5.74) is 9.76. The lowest BCUT2D eigenvalue weighted by atomic mass is 10.0. The molecule has 0 amide bonds. The summed E-state index contributed by atoms with van der Waals surface area (Å²) in [6.45, 7) is 0.530. The quantitative estimate of drug-likeness (QED) is 0.916. The normalized spacial score (nSPS) is 10.7. The third-order valence-corrected chi connectivity index (χ3v) is 4.06. The van der Waals surface area contributed by atoms with Crippen molar-refractivity contribution in [2.24, 2.45) is 5.73 Å². The van der Waals surface area contributed by atoms with Gasteiger partial charge in [-0.3, -0.25) is 0 Å². The molecule has 2 rings (SSSR count). The summed E-state index contributed by atoms with van der Waals surface area (Å²) in [7, 11) is 4.03. The first-order valence-electron chi connectivity index (χ1n) is 6.49. The van der Waals surface area contributed by atoms with Crippen molar-refractivity contribution in [2.75, 3.05) is 25.5 Å². The zero-order valence-corrected chi connectivity index (χ0v) is 13.2. The minimum atomic E-state index is 0.530. The van der Waals surface area contributed by atoms with Crippen LogP contribution in [0.15, 0.2) is 36.4 Å². The minimum Gasteiger partial charge on any atom is -0.378 e. The van der Waals surface area contributed by atoms with Gasteiger partial charge in [-0.2, -0.15) is 0 Å². The van der Waals surface area contributed by atoms with Crippen molar-refractivity contribution in [1.82, 2.24) is 0 Å². The predicted molar refractivity (Wildman–Crippen MR) is 89.0 cm³/mol. The number of nitrogens with two attached hydrogens (primary N) is 1. The van der Waals surface area contributed by atoms with E-state index in [9.17, 15) is 0 Å². The molecule has 0 saturated carbocycles. The van der Waals surface area contributed by atoms with Gasteiger partial charge < -0.3 is 10.6 Å². The Balaban J connectivity index is 2.44. The monoisotopic (exact) mass is 308 g/mol. The molecule has 0 bridgehead atoms. The molecule has 4 heteroatoms. The van der Waals surface area contributed by atoms with Crippen molar-refractivity contribution in [3.8, 4) is 11.1 Å². The lowest BCUT2D eigenvalue weighted by molar-refractivity contribution is 0.969. The number of hydrogen-bond donors (Lipinski definition) is 1. The van der Waals surface area contributed by atoms with E-state index in [1.54, 1.807) is 0 Å². The summed E-state index contributed by atoms with van der Waals surface area (Å²) in [4.78, 5) is 2.06. The van der Waals surface area contributed by atoms with Crippen LogP contribution in [0, 0.1) is 0 Å². The zero-order valence-electron chi connectivity index (χ0n) is 11.7. The van der Waals surface area contributed by atoms with Crippen LogP contribution < -0.4 is 10.6 Å². The van der Waals surface area contributed by atoms with Gasteiger partial charge in [-0.15, -0.1) is 0 Å². The van der Waals surface area contributed by atoms with Crippen molar-refractivity contribution in [1.29, 1.82) is 0 Å². The molecule has 0 aliphatic carbocycles. The first-order valence-corrected chi connectivity index (χ1v) is 7.25. The maximum atomic E-state index is 6.48. The fraction of sp³-hybridized carbons (Fsp3) is 0.250. The first-order chi connectivity index (χ1) is 9.54. The lowest BCUT2D eigenvalue weighted by Crippen LogP contribution is -2.08. The number of benzene rings is 2. The van der Waals surface area contributed by atoms with Gasteiger partial charge in [-0.25, -0.2) is 0 Å². The van der Waals surface area contributed by atoms with Crippen molar-refractivity contribution >= 4 is 28.9 Å². The highest BCUT2D eigenvalue weighted by molar-refractivity contribution is 6.37. The van der Waals surface area contributed by atoms with Gasteiger partial charge in [0.1, 0.15) is 0 Å². The molecule has 0 saturated heterocycles. The van der Waals surface area contributed by atoms with Crippen LogP contribution in [0.2, 0.25) is 10.0 Å². The van der Waals surface area contributed by atoms with Gasteiger partial charge in [-0.1, -0.05) is 41.4 Å². The smallest absolute Gasteiger partial charge is 0.0531 e. The number of hydrogen-bond acceptors (Lipinski definition) is 2. The Morgan fingerprint density at radius 1 is 1.00 bits per heavy atom. The summed E-state index contributed by atoms with van der Waals surface area (Å²) in [6, 6.07) is 12.1. The fourth-order valence-corrected chi connectivity index (χ4v) is 2.80. The van der Waals surface area contributed by atoms with E-state index in [2.05, 4.69) is 29.2 Å². The van der Waals surface area contributed by atoms with E-state index in [0.717, 1.165) is 22.4 Å². The molecule has 0 spiro atoms. The number of anilines is 1. The molecule has 2 aromatic rings. The molecular weight excluding hydrogens is 291 g/mol. The fourth-order valence-electron chi connectivity index (χ4n) is 2.13. The third-order valence-electron chi connectivity index (χ3n) is 3.28. The molecule has 0 unspecified atom stereocenters. The first kappa shape index (κ1) is 15.2. The summed E-state index contributed by atoms with van der Waals surface area (Å²) < 4.78 is 0. The van der Waals surface area contributed by atoms with Crippen molar-refractivity contribution in [3.05, 3.63) is 52.0 Å². The Morgan fingerprint density at radius 2 is 1.65 bits per heavy atom. The molecule has 0 aliphatic heterocycles. The Bertz CT molecular complexity index is 592. The zero-order chi connectivity index (χ0) is 14.7. The van der Waals surface area contributed by atoms with E-state index in [0.29, 0.717) is 23.0 Å². The summed E-state index contributed by atoms with van der Waals surface area (Å²) in [5, 5.41) is 1.37. The third kappa shape index (κ3) is 3.09. The Labute approximate surface area is 130 Å². The second-order valence-corrected chi connectivity index (χ2v) is 5.65. The molecular formula is C16H18Cl2N2. The van der Waals surface area contributed by atoms with E-state index in [-0.39, 0.29) is 0 Å². The second kappa shape index (κ2) is 6.49. The van der Waals surface area contributed by atoms with Gasteiger partial charge in [0.25, 0.3) is 0 Å². The van der Waals surface area contributed by atoms with Crippen LogP contribution in [0.5, 0.6) is 0 Å². The lowest BCUT2D eigenvalue weighted by Gasteiger charge is -2.14. The standard InChI is InChI=1S/C16H18Cl2N2/c1-20(2)12-5-3-11(4-6-12)13-7-8-15(17)14(9-10-19)16(13)18/h3-8H,9-10,19H2,1-2H3. The number of nitrogens with zero attached hydrogens (tertiary/aromatic N) is 1. The topological polar surface area (TPSA) is 29.3 Å². The molecule has 0 radical (unpaired) electrons.